The van der Waals surface area contributed by atoms with Crippen LogP contribution in [0.15, 0.2) is 105 Å². The van der Waals surface area contributed by atoms with E-state index in [9.17, 15) is 14.9 Å². The average Bonchev–Trinajstić information content (AvgIpc) is 3.49. The van der Waals surface area contributed by atoms with Crippen LogP contribution in [0.2, 0.25) is 5.02 Å². The van der Waals surface area contributed by atoms with Crippen molar-refractivity contribution in [3.63, 3.8) is 0 Å². The first kappa shape index (κ1) is 24.5. The topological polar surface area (TPSA) is 88.9 Å². The zero-order chi connectivity index (χ0) is 25.8. The molecule has 9 heteroatoms. The van der Waals surface area contributed by atoms with Crippen LogP contribution in [0.4, 0.5) is 5.69 Å². The second-order valence-corrected chi connectivity index (χ2v) is 9.64. The minimum Gasteiger partial charge on any atom is -0.456 e. The molecular formula is C28H20ClN3O4S. The molecule has 0 radical (unpaired) electrons. The fourth-order valence-electron chi connectivity index (χ4n) is 3.84. The molecule has 0 N–H and O–H groups in total. The molecule has 3 aromatic carbocycles. The molecule has 1 saturated heterocycles. The molecule has 4 aromatic rings. The molecule has 1 aliphatic heterocycles. The predicted molar refractivity (Wildman–Crippen MR) is 146 cm³/mol. The van der Waals surface area contributed by atoms with Gasteiger partial charge in [-0.25, -0.2) is 0 Å². The molecule has 1 amide bonds. The van der Waals surface area contributed by atoms with Gasteiger partial charge in [-0.15, -0.1) is 0 Å². The van der Waals surface area contributed by atoms with Crippen LogP contribution < -0.4 is 0 Å². The first-order chi connectivity index (χ1) is 18.0. The van der Waals surface area contributed by atoms with E-state index in [0.29, 0.717) is 40.2 Å². The van der Waals surface area contributed by atoms with Crippen LogP contribution in [-0.4, -0.2) is 20.9 Å². The number of aliphatic imine (C=N–C) groups is 1. The van der Waals surface area contributed by atoms with Crippen LogP contribution in [0.25, 0.3) is 17.4 Å². The van der Waals surface area contributed by atoms with Crippen molar-refractivity contribution in [1.82, 2.24) is 4.90 Å². The van der Waals surface area contributed by atoms with Gasteiger partial charge in [0, 0.05) is 17.2 Å². The van der Waals surface area contributed by atoms with Crippen molar-refractivity contribution < 1.29 is 14.1 Å². The Morgan fingerprint density at radius 3 is 2.38 bits per heavy atom. The van der Waals surface area contributed by atoms with Crippen molar-refractivity contribution >= 4 is 46.2 Å². The van der Waals surface area contributed by atoms with Gasteiger partial charge in [-0.1, -0.05) is 72.3 Å². The zero-order valence-electron chi connectivity index (χ0n) is 19.4. The minimum atomic E-state index is -0.505. The average molecular weight is 530 g/mol. The summed E-state index contributed by atoms with van der Waals surface area (Å²) in [6.45, 7) is 0.832. The smallest absolute Gasteiger partial charge is 0.281 e. The summed E-state index contributed by atoms with van der Waals surface area (Å²) in [5.41, 5.74) is 2.18. The molecule has 0 saturated carbocycles. The molecule has 1 aromatic heterocycles. The first-order valence-electron chi connectivity index (χ1n) is 11.4. The Hall–Kier alpha value is -4.14. The molecule has 0 aliphatic carbocycles. The molecule has 2 heterocycles. The lowest BCUT2D eigenvalue weighted by atomic mass is 10.1. The third kappa shape index (κ3) is 5.66. The fraction of sp³-hybridized carbons (Fsp3) is 0.0714. The lowest BCUT2D eigenvalue weighted by Crippen LogP contribution is -2.28. The standard InChI is InChI=1S/C28H20ClN3O4S/c29-21-11-13-23(24(15-21)32(34)35)25-14-12-22(36-25)16-26-27(33)31(18-20-9-5-2-6-10-20)28(37-26)30-17-19-7-3-1-4-8-19/h1-16H,17-18H2/b26-16-,30-28?. The fourth-order valence-corrected chi connectivity index (χ4v) is 4.96. The molecule has 1 aliphatic rings. The van der Waals surface area contributed by atoms with E-state index >= 15 is 0 Å². The van der Waals surface area contributed by atoms with Gasteiger partial charge >= 0.3 is 0 Å². The first-order valence-corrected chi connectivity index (χ1v) is 12.6. The highest BCUT2D eigenvalue weighted by molar-refractivity contribution is 8.18. The number of amidine groups is 1. The number of hydrogen-bond donors (Lipinski definition) is 0. The Balaban J connectivity index is 1.44. The summed E-state index contributed by atoms with van der Waals surface area (Å²) in [4.78, 5) is 31.2. The maximum Gasteiger partial charge on any atom is 0.281 e. The summed E-state index contributed by atoms with van der Waals surface area (Å²) in [5.74, 6) is 0.528. The van der Waals surface area contributed by atoms with Gasteiger partial charge < -0.3 is 4.42 Å². The Labute approximate surface area is 222 Å². The monoisotopic (exact) mass is 529 g/mol. The number of rotatable bonds is 7. The Kier molecular flexibility index (Phi) is 7.20. The molecule has 0 atom stereocenters. The van der Waals surface area contributed by atoms with Crippen molar-refractivity contribution in [1.29, 1.82) is 0 Å². The predicted octanol–water partition coefficient (Wildman–Crippen LogP) is 7.18. The van der Waals surface area contributed by atoms with Gasteiger partial charge in [0.05, 0.1) is 28.5 Å². The quantitative estimate of drug-likeness (QED) is 0.144. The number of nitro groups is 1. The van der Waals surface area contributed by atoms with Crippen LogP contribution >= 0.6 is 23.4 Å². The van der Waals surface area contributed by atoms with E-state index in [2.05, 4.69) is 0 Å². The molecule has 7 nitrogen and oxygen atoms in total. The Morgan fingerprint density at radius 2 is 1.68 bits per heavy atom. The number of benzene rings is 3. The van der Waals surface area contributed by atoms with Crippen LogP contribution in [0.1, 0.15) is 16.9 Å². The van der Waals surface area contributed by atoms with E-state index in [4.69, 9.17) is 21.0 Å². The lowest BCUT2D eigenvalue weighted by molar-refractivity contribution is -0.384. The molecule has 37 heavy (non-hydrogen) atoms. The highest BCUT2D eigenvalue weighted by Gasteiger charge is 2.33. The number of nitrogens with zero attached hydrogens (tertiary/aromatic N) is 3. The molecule has 1 fully saturated rings. The van der Waals surface area contributed by atoms with Crippen LogP contribution in [0.3, 0.4) is 0 Å². The van der Waals surface area contributed by atoms with Crippen LogP contribution in [0.5, 0.6) is 0 Å². The second-order valence-electron chi connectivity index (χ2n) is 8.19. The van der Waals surface area contributed by atoms with Crippen LogP contribution in [-0.2, 0) is 17.9 Å². The summed E-state index contributed by atoms with van der Waals surface area (Å²) in [6.07, 6.45) is 1.64. The van der Waals surface area contributed by atoms with Crippen molar-refractivity contribution in [2.45, 2.75) is 13.1 Å². The SMILES string of the molecule is O=C1/C(=C/c2ccc(-c3ccc(Cl)cc3[N+](=O)[O-])o2)SC(=NCc2ccccc2)N1Cc1ccccc1. The highest BCUT2D eigenvalue weighted by atomic mass is 35.5. The van der Waals surface area contributed by atoms with E-state index in [1.54, 1.807) is 35.2 Å². The van der Waals surface area contributed by atoms with Gasteiger partial charge in [0.15, 0.2) is 5.17 Å². The summed E-state index contributed by atoms with van der Waals surface area (Å²) in [5, 5.41) is 12.4. The van der Waals surface area contributed by atoms with Crippen molar-refractivity contribution in [2.24, 2.45) is 4.99 Å². The molecule has 5 rings (SSSR count). The third-order valence-corrected chi connectivity index (χ3v) is 6.91. The van der Waals surface area contributed by atoms with Crippen molar-refractivity contribution in [3.05, 3.63) is 128 Å². The number of carbonyl (C=O) groups excluding carboxylic acids is 1. The van der Waals surface area contributed by atoms with E-state index in [-0.39, 0.29) is 16.6 Å². The third-order valence-electron chi connectivity index (χ3n) is 5.63. The number of amides is 1. The summed E-state index contributed by atoms with van der Waals surface area (Å²) in [7, 11) is 0. The number of hydrogen-bond acceptors (Lipinski definition) is 6. The molecule has 0 bridgehead atoms. The minimum absolute atomic E-state index is 0.156. The van der Waals surface area contributed by atoms with Crippen molar-refractivity contribution in [3.8, 4) is 11.3 Å². The maximum absolute atomic E-state index is 13.4. The van der Waals surface area contributed by atoms with E-state index in [1.165, 1.54) is 17.8 Å². The van der Waals surface area contributed by atoms with Crippen molar-refractivity contribution in [2.75, 3.05) is 0 Å². The number of furan rings is 1. The number of carbonyl (C=O) groups is 1. The molecule has 184 valence electrons. The summed E-state index contributed by atoms with van der Waals surface area (Å²) in [6, 6.07) is 27.3. The normalized spacial score (nSPS) is 15.6. The van der Waals surface area contributed by atoms with E-state index in [0.717, 1.165) is 11.1 Å². The maximum atomic E-state index is 13.4. The zero-order valence-corrected chi connectivity index (χ0v) is 21.0. The summed E-state index contributed by atoms with van der Waals surface area (Å²) >= 11 is 7.21. The second kappa shape index (κ2) is 10.9. The Bertz CT molecular complexity index is 1520. The van der Waals surface area contributed by atoms with Gasteiger partial charge in [0.1, 0.15) is 11.5 Å². The molecule has 0 spiro atoms. The van der Waals surface area contributed by atoms with Crippen LogP contribution in [0, 0.1) is 10.1 Å². The lowest BCUT2D eigenvalue weighted by Gasteiger charge is -2.15. The van der Waals surface area contributed by atoms with Gasteiger partial charge in [-0.3, -0.25) is 24.8 Å². The molecule has 0 unspecified atom stereocenters. The van der Waals surface area contributed by atoms with E-state index < -0.39 is 4.92 Å². The number of thioether (sulfide) groups is 1. The van der Waals surface area contributed by atoms with Gasteiger partial charge in [0.25, 0.3) is 11.6 Å². The number of halogens is 1. The largest absolute Gasteiger partial charge is 0.456 e. The van der Waals surface area contributed by atoms with E-state index in [1.807, 2.05) is 60.7 Å². The summed E-state index contributed by atoms with van der Waals surface area (Å²) < 4.78 is 5.88. The number of nitro benzene ring substituents is 1. The van der Waals surface area contributed by atoms with Gasteiger partial charge in [-0.2, -0.15) is 0 Å². The van der Waals surface area contributed by atoms with Gasteiger partial charge in [-0.05, 0) is 47.2 Å². The molecular weight excluding hydrogens is 510 g/mol. The van der Waals surface area contributed by atoms with Gasteiger partial charge in [0.2, 0.25) is 0 Å². The Morgan fingerprint density at radius 1 is 0.973 bits per heavy atom. The highest BCUT2D eigenvalue weighted by Crippen LogP contribution is 2.37.